The molecule has 7 heteroatoms. The first-order valence-electron chi connectivity index (χ1n) is 7.46. The fourth-order valence-electron chi connectivity index (χ4n) is 2.50. The maximum Gasteiger partial charge on any atom is 0.291 e. The molecular formula is C18H12BrN3O2S. The average molecular weight is 414 g/mol. The quantitative estimate of drug-likeness (QED) is 0.517. The van der Waals surface area contributed by atoms with Gasteiger partial charge in [0.05, 0.1) is 11.6 Å². The number of ether oxygens (including phenoxy) is 1. The van der Waals surface area contributed by atoms with E-state index in [9.17, 15) is 4.79 Å². The molecule has 4 aromatic rings. The molecule has 0 bridgehead atoms. The minimum absolute atomic E-state index is 0.184. The zero-order valence-corrected chi connectivity index (χ0v) is 15.5. The van der Waals surface area contributed by atoms with Crippen molar-refractivity contribution in [3.63, 3.8) is 0 Å². The van der Waals surface area contributed by atoms with Gasteiger partial charge in [0.1, 0.15) is 5.75 Å². The van der Waals surface area contributed by atoms with Gasteiger partial charge in [-0.2, -0.15) is 9.50 Å². The van der Waals surface area contributed by atoms with Crippen LogP contribution in [0.1, 0.15) is 5.56 Å². The maximum absolute atomic E-state index is 12.6. The van der Waals surface area contributed by atoms with Crippen LogP contribution in [-0.4, -0.2) is 21.7 Å². The van der Waals surface area contributed by atoms with Crippen LogP contribution < -0.4 is 14.8 Å². The molecule has 0 N–H and O–H groups in total. The second kappa shape index (κ2) is 6.42. The van der Waals surface area contributed by atoms with Gasteiger partial charge < -0.3 is 4.74 Å². The first-order valence-corrected chi connectivity index (χ1v) is 9.07. The van der Waals surface area contributed by atoms with Crippen molar-refractivity contribution in [2.24, 2.45) is 0 Å². The van der Waals surface area contributed by atoms with Gasteiger partial charge in [0.2, 0.25) is 4.96 Å². The number of benzene rings is 2. The summed E-state index contributed by atoms with van der Waals surface area (Å²) in [5.41, 5.74) is 1.52. The fourth-order valence-corrected chi connectivity index (χ4v) is 3.78. The Morgan fingerprint density at radius 1 is 1.20 bits per heavy atom. The second-order valence-electron chi connectivity index (χ2n) is 5.30. The molecule has 0 atom stereocenters. The zero-order chi connectivity index (χ0) is 17.4. The van der Waals surface area contributed by atoms with Crippen LogP contribution in [0.15, 0.2) is 57.8 Å². The molecule has 2 aromatic carbocycles. The Bertz CT molecular complexity index is 1170. The number of thiazole rings is 1. The SMILES string of the molecule is COc1ccc(Br)cc1/C=c1/sc2nc(-c3ccccc3)nn2c1=O. The van der Waals surface area contributed by atoms with Crippen LogP contribution in [0.2, 0.25) is 0 Å². The van der Waals surface area contributed by atoms with Crippen molar-refractivity contribution in [3.8, 4) is 17.1 Å². The van der Waals surface area contributed by atoms with Crippen LogP contribution >= 0.6 is 27.3 Å². The lowest BCUT2D eigenvalue weighted by molar-refractivity contribution is 0.414. The van der Waals surface area contributed by atoms with Crippen molar-refractivity contribution in [2.75, 3.05) is 7.11 Å². The summed E-state index contributed by atoms with van der Waals surface area (Å²) < 4.78 is 8.18. The van der Waals surface area contributed by atoms with Gasteiger partial charge in [-0.1, -0.05) is 57.6 Å². The van der Waals surface area contributed by atoms with Gasteiger partial charge in [-0.25, -0.2) is 0 Å². The predicted octanol–water partition coefficient (Wildman–Crippen LogP) is 3.14. The number of aromatic nitrogens is 3. The van der Waals surface area contributed by atoms with Crippen molar-refractivity contribution in [3.05, 3.63) is 73.5 Å². The predicted molar refractivity (Wildman–Crippen MR) is 102 cm³/mol. The van der Waals surface area contributed by atoms with E-state index in [1.54, 1.807) is 13.2 Å². The summed E-state index contributed by atoms with van der Waals surface area (Å²) in [6, 6.07) is 15.3. The molecule has 2 aromatic heterocycles. The van der Waals surface area contributed by atoms with E-state index < -0.39 is 0 Å². The zero-order valence-electron chi connectivity index (χ0n) is 13.1. The lowest BCUT2D eigenvalue weighted by Crippen LogP contribution is -2.23. The molecule has 0 aliphatic carbocycles. The summed E-state index contributed by atoms with van der Waals surface area (Å²) in [4.78, 5) is 17.7. The summed E-state index contributed by atoms with van der Waals surface area (Å²) in [6.07, 6.45) is 1.80. The number of hydrogen-bond acceptors (Lipinski definition) is 5. The second-order valence-corrected chi connectivity index (χ2v) is 7.22. The van der Waals surface area contributed by atoms with Gasteiger partial charge in [0.15, 0.2) is 5.82 Å². The first-order chi connectivity index (χ1) is 12.2. The van der Waals surface area contributed by atoms with Crippen LogP contribution in [-0.2, 0) is 0 Å². The average Bonchev–Trinajstić information content (AvgIpc) is 3.16. The molecule has 0 radical (unpaired) electrons. The molecule has 0 aliphatic rings. The third-order valence-electron chi connectivity index (χ3n) is 3.69. The van der Waals surface area contributed by atoms with Gasteiger partial charge in [-0.15, -0.1) is 5.10 Å². The van der Waals surface area contributed by atoms with Crippen molar-refractivity contribution in [1.82, 2.24) is 14.6 Å². The molecule has 0 spiro atoms. The van der Waals surface area contributed by atoms with Crippen molar-refractivity contribution in [2.45, 2.75) is 0 Å². The van der Waals surface area contributed by atoms with Gasteiger partial charge in [0, 0.05) is 15.6 Å². The molecular weight excluding hydrogens is 402 g/mol. The lowest BCUT2D eigenvalue weighted by Gasteiger charge is -2.04. The maximum atomic E-state index is 12.6. The minimum Gasteiger partial charge on any atom is -0.496 e. The molecule has 4 rings (SSSR count). The highest BCUT2D eigenvalue weighted by Crippen LogP contribution is 2.23. The van der Waals surface area contributed by atoms with Crippen molar-refractivity contribution in [1.29, 1.82) is 0 Å². The highest BCUT2D eigenvalue weighted by molar-refractivity contribution is 9.10. The Balaban J connectivity index is 1.85. The Kier molecular flexibility index (Phi) is 4.10. The van der Waals surface area contributed by atoms with Crippen LogP contribution in [0, 0.1) is 0 Å². The Hall–Kier alpha value is -2.51. The van der Waals surface area contributed by atoms with Gasteiger partial charge in [0.25, 0.3) is 5.56 Å². The van der Waals surface area contributed by atoms with Crippen LogP contribution in [0.5, 0.6) is 5.75 Å². The summed E-state index contributed by atoms with van der Waals surface area (Å²) >= 11 is 4.75. The highest BCUT2D eigenvalue weighted by Gasteiger charge is 2.12. The molecule has 0 amide bonds. The lowest BCUT2D eigenvalue weighted by atomic mass is 10.2. The summed E-state index contributed by atoms with van der Waals surface area (Å²) in [6.45, 7) is 0. The third-order valence-corrected chi connectivity index (χ3v) is 5.14. The standard InChI is InChI=1S/C18H12BrN3O2S/c1-24-14-8-7-13(19)9-12(14)10-15-17(23)22-18(25-15)20-16(21-22)11-5-3-2-4-6-11/h2-10H,1H3/b15-10+. The smallest absolute Gasteiger partial charge is 0.291 e. The molecule has 124 valence electrons. The molecule has 5 nitrogen and oxygen atoms in total. The van der Waals surface area contributed by atoms with E-state index in [2.05, 4.69) is 26.0 Å². The Morgan fingerprint density at radius 3 is 2.72 bits per heavy atom. The first kappa shape index (κ1) is 16.0. The number of fused-ring (bicyclic) bond motifs is 1. The topological polar surface area (TPSA) is 56.5 Å². The summed E-state index contributed by atoms with van der Waals surface area (Å²) in [7, 11) is 1.60. The number of nitrogens with zero attached hydrogens (tertiary/aromatic N) is 3. The van der Waals surface area contributed by atoms with Crippen LogP contribution in [0.4, 0.5) is 0 Å². The van der Waals surface area contributed by atoms with Crippen molar-refractivity contribution >= 4 is 38.3 Å². The van der Waals surface area contributed by atoms with E-state index in [0.29, 0.717) is 21.1 Å². The monoisotopic (exact) mass is 413 g/mol. The van der Waals surface area contributed by atoms with Crippen LogP contribution in [0.25, 0.3) is 22.4 Å². The summed E-state index contributed by atoms with van der Waals surface area (Å²) in [5.74, 6) is 1.25. The molecule has 0 unspecified atom stereocenters. The molecule has 0 aliphatic heterocycles. The van der Waals surface area contributed by atoms with Crippen LogP contribution in [0.3, 0.4) is 0 Å². The number of methoxy groups -OCH3 is 1. The summed E-state index contributed by atoms with van der Waals surface area (Å²) in [5, 5.41) is 4.35. The Labute approximate surface area is 155 Å². The van der Waals surface area contributed by atoms with Gasteiger partial charge >= 0.3 is 0 Å². The normalized spacial score (nSPS) is 12.0. The van der Waals surface area contributed by atoms with E-state index in [1.807, 2.05) is 48.5 Å². The van der Waals surface area contributed by atoms with E-state index in [4.69, 9.17) is 4.74 Å². The largest absolute Gasteiger partial charge is 0.496 e. The molecule has 0 fully saturated rings. The van der Waals surface area contributed by atoms with E-state index in [0.717, 1.165) is 15.6 Å². The number of hydrogen-bond donors (Lipinski definition) is 0. The van der Waals surface area contributed by atoms with Gasteiger partial charge in [-0.3, -0.25) is 4.79 Å². The van der Waals surface area contributed by atoms with E-state index in [-0.39, 0.29) is 5.56 Å². The number of halogens is 1. The third kappa shape index (κ3) is 2.96. The number of rotatable bonds is 3. The van der Waals surface area contributed by atoms with Gasteiger partial charge in [-0.05, 0) is 24.3 Å². The molecule has 0 saturated heterocycles. The molecule has 25 heavy (non-hydrogen) atoms. The fraction of sp³-hybridized carbons (Fsp3) is 0.0556. The Morgan fingerprint density at radius 2 is 2.00 bits per heavy atom. The molecule has 2 heterocycles. The highest BCUT2D eigenvalue weighted by atomic mass is 79.9. The van der Waals surface area contributed by atoms with E-state index >= 15 is 0 Å². The molecule has 0 saturated carbocycles. The van der Waals surface area contributed by atoms with Crippen molar-refractivity contribution < 1.29 is 4.74 Å². The van der Waals surface area contributed by atoms with E-state index in [1.165, 1.54) is 15.9 Å². The minimum atomic E-state index is -0.184.